The van der Waals surface area contributed by atoms with Gasteiger partial charge in [0.25, 0.3) is 0 Å². The summed E-state index contributed by atoms with van der Waals surface area (Å²) in [7, 11) is 0. The topological polar surface area (TPSA) is 55.1 Å². The molecular weight excluding hydrogens is 284 g/mol. The summed E-state index contributed by atoms with van der Waals surface area (Å²) < 4.78 is 2.07. The highest BCUT2D eigenvalue weighted by Gasteiger charge is 2.16. The molecule has 21 heavy (non-hydrogen) atoms. The number of nitrogens with zero attached hydrogens (tertiary/aromatic N) is 2. The highest BCUT2D eigenvalue weighted by Crippen LogP contribution is 2.28. The van der Waals surface area contributed by atoms with Gasteiger partial charge in [0, 0.05) is 11.4 Å². The molecule has 1 N–H and O–H groups in total. The summed E-state index contributed by atoms with van der Waals surface area (Å²) in [6, 6.07) is 6.33. The maximum atomic E-state index is 10.8. The Morgan fingerprint density at radius 2 is 1.90 bits per heavy atom. The molecule has 0 unspecified atom stereocenters. The van der Waals surface area contributed by atoms with Gasteiger partial charge in [-0.3, -0.25) is 9.36 Å². The number of hydrogen-bond acceptors (Lipinski definition) is 3. The summed E-state index contributed by atoms with van der Waals surface area (Å²) >= 11 is 1.25. The van der Waals surface area contributed by atoms with Gasteiger partial charge in [0.15, 0.2) is 5.16 Å². The smallest absolute Gasteiger partial charge is 0.313 e. The van der Waals surface area contributed by atoms with Crippen LogP contribution in [-0.2, 0) is 4.79 Å². The van der Waals surface area contributed by atoms with Crippen LogP contribution in [-0.4, -0.2) is 26.4 Å². The van der Waals surface area contributed by atoms with Gasteiger partial charge in [-0.15, -0.1) is 0 Å². The molecule has 112 valence electrons. The van der Waals surface area contributed by atoms with E-state index in [2.05, 4.69) is 55.4 Å². The van der Waals surface area contributed by atoms with Gasteiger partial charge in [-0.05, 0) is 43.0 Å². The lowest BCUT2D eigenvalue weighted by Gasteiger charge is -2.15. The Labute approximate surface area is 129 Å². The Balaban J connectivity index is 2.52. The fourth-order valence-electron chi connectivity index (χ4n) is 2.32. The molecule has 2 aromatic rings. The largest absolute Gasteiger partial charge is 0.481 e. The molecule has 1 aromatic heterocycles. The second-order valence-electron chi connectivity index (χ2n) is 5.48. The first-order valence-corrected chi connectivity index (χ1v) is 7.88. The third kappa shape index (κ3) is 3.67. The van der Waals surface area contributed by atoms with E-state index in [4.69, 9.17) is 5.11 Å². The fourth-order valence-corrected chi connectivity index (χ4v) is 3.04. The van der Waals surface area contributed by atoms with Crippen molar-refractivity contribution in [1.29, 1.82) is 0 Å². The zero-order valence-electron chi connectivity index (χ0n) is 12.8. The number of benzene rings is 1. The number of imidazole rings is 1. The molecule has 0 fully saturated rings. The van der Waals surface area contributed by atoms with Crippen molar-refractivity contribution in [3.8, 4) is 5.69 Å². The van der Waals surface area contributed by atoms with Gasteiger partial charge < -0.3 is 5.11 Å². The Hall–Kier alpha value is -1.75. The first kappa shape index (κ1) is 15.6. The second kappa shape index (κ2) is 6.35. The van der Waals surface area contributed by atoms with Crippen LogP contribution >= 0.6 is 11.8 Å². The van der Waals surface area contributed by atoms with Crippen molar-refractivity contribution >= 4 is 17.7 Å². The Kier molecular flexibility index (Phi) is 4.73. The molecule has 0 aliphatic carbocycles. The van der Waals surface area contributed by atoms with Crippen molar-refractivity contribution in [3.05, 3.63) is 41.2 Å². The van der Waals surface area contributed by atoms with E-state index in [1.807, 2.05) is 6.20 Å². The van der Waals surface area contributed by atoms with Crippen molar-refractivity contribution in [2.45, 2.75) is 38.8 Å². The van der Waals surface area contributed by atoms with Crippen LogP contribution in [0.2, 0.25) is 0 Å². The van der Waals surface area contributed by atoms with E-state index in [0.717, 1.165) is 16.5 Å². The van der Waals surface area contributed by atoms with E-state index in [1.54, 1.807) is 0 Å². The van der Waals surface area contributed by atoms with Crippen molar-refractivity contribution in [3.63, 3.8) is 0 Å². The number of thioether (sulfide) groups is 1. The number of carboxylic acid groups (broad SMARTS) is 1. The van der Waals surface area contributed by atoms with Gasteiger partial charge in [0.2, 0.25) is 0 Å². The van der Waals surface area contributed by atoms with Crippen molar-refractivity contribution in [1.82, 2.24) is 9.55 Å². The summed E-state index contributed by atoms with van der Waals surface area (Å²) in [6.45, 7) is 8.35. The van der Waals surface area contributed by atoms with Gasteiger partial charge >= 0.3 is 5.97 Å². The number of aryl methyl sites for hydroxylation is 2. The van der Waals surface area contributed by atoms with Gasteiger partial charge in [0.1, 0.15) is 0 Å². The van der Waals surface area contributed by atoms with Crippen molar-refractivity contribution < 1.29 is 9.90 Å². The molecule has 0 saturated heterocycles. The number of rotatable bonds is 5. The van der Waals surface area contributed by atoms with Gasteiger partial charge in [-0.25, -0.2) is 4.98 Å². The molecule has 2 rings (SSSR count). The van der Waals surface area contributed by atoms with E-state index < -0.39 is 5.97 Å². The zero-order chi connectivity index (χ0) is 15.6. The summed E-state index contributed by atoms with van der Waals surface area (Å²) in [5, 5.41) is 9.61. The molecule has 0 aliphatic rings. The zero-order valence-corrected chi connectivity index (χ0v) is 13.6. The summed E-state index contributed by atoms with van der Waals surface area (Å²) in [6.07, 6.45) is 1.84. The standard InChI is InChI=1S/C16H20N2O2S/c1-10(2)14-8-17-16(21-9-15(19)20)18(14)13-6-11(3)5-12(4)7-13/h5-8,10H,9H2,1-4H3,(H,19,20). The third-order valence-electron chi connectivity index (χ3n) is 3.14. The predicted octanol–water partition coefficient (Wildman–Crippen LogP) is 3.79. The molecule has 0 radical (unpaired) electrons. The molecule has 4 nitrogen and oxygen atoms in total. The molecule has 0 atom stereocenters. The predicted molar refractivity (Wildman–Crippen MR) is 85.5 cm³/mol. The lowest BCUT2D eigenvalue weighted by atomic mass is 10.1. The summed E-state index contributed by atoms with van der Waals surface area (Å²) in [5.41, 5.74) is 4.50. The minimum Gasteiger partial charge on any atom is -0.481 e. The first-order valence-electron chi connectivity index (χ1n) is 6.89. The van der Waals surface area contributed by atoms with E-state index in [1.165, 1.54) is 22.9 Å². The van der Waals surface area contributed by atoms with Crippen LogP contribution in [0, 0.1) is 13.8 Å². The Morgan fingerprint density at radius 3 is 2.43 bits per heavy atom. The quantitative estimate of drug-likeness (QED) is 0.854. The Bertz CT molecular complexity index is 642. The van der Waals surface area contributed by atoms with E-state index >= 15 is 0 Å². The van der Waals surface area contributed by atoms with Crippen LogP contribution in [0.1, 0.15) is 36.6 Å². The minimum absolute atomic E-state index is 0.0132. The van der Waals surface area contributed by atoms with Gasteiger partial charge in [-0.1, -0.05) is 31.7 Å². The van der Waals surface area contributed by atoms with E-state index in [0.29, 0.717) is 5.92 Å². The van der Waals surface area contributed by atoms with E-state index in [-0.39, 0.29) is 5.75 Å². The highest BCUT2D eigenvalue weighted by atomic mass is 32.2. The third-order valence-corrected chi connectivity index (χ3v) is 4.08. The van der Waals surface area contributed by atoms with Crippen LogP contribution in [0.3, 0.4) is 0 Å². The lowest BCUT2D eigenvalue weighted by molar-refractivity contribution is -0.133. The molecule has 1 aromatic carbocycles. The fraction of sp³-hybridized carbons (Fsp3) is 0.375. The second-order valence-corrected chi connectivity index (χ2v) is 6.43. The first-order chi connectivity index (χ1) is 9.88. The van der Waals surface area contributed by atoms with Crippen molar-refractivity contribution in [2.75, 3.05) is 5.75 Å². The van der Waals surface area contributed by atoms with Crippen LogP contribution in [0.15, 0.2) is 29.6 Å². The molecule has 5 heteroatoms. The minimum atomic E-state index is -0.832. The summed E-state index contributed by atoms with van der Waals surface area (Å²) in [4.78, 5) is 15.2. The monoisotopic (exact) mass is 304 g/mol. The maximum Gasteiger partial charge on any atom is 0.313 e. The number of aromatic nitrogens is 2. The molecule has 1 heterocycles. The number of carbonyl (C=O) groups is 1. The average molecular weight is 304 g/mol. The number of aliphatic carboxylic acids is 1. The normalized spacial score (nSPS) is 11.1. The molecule has 0 amide bonds. The van der Waals surface area contributed by atoms with Crippen LogP contribution in [0.5, 0.6) is 0 Å². The lowest BCUT2D eigenvalue weighted by Crippen LogP contribution is -2.06. The highest BCUT2D eigenvalue weighted by molar-refractivity contribution is 7.99. The number of carboxylic acids is 1. The molecule has 0 saturated carbocycles. The molecule has 0 spiro atoms. The summed E-state index contributed by atoms with van der Waals surface area (Å²) in [5.74, 6) is -0.502. The maximum absolute atomic E-state index is 10.8. The van der Waals surface area contributed by atoms with Gasteiger partial charge in [0.05, 0.1) is 11.9 Å². The van der Waals surface area contributed by atoms with E-state index in [9.17, 15) is 4.79 Å². The SMILES string of the molecule is Cc1cc(C)cc(-n2c(C(C)C)cnc2SCC(=O)O)c1. The number of hydrogen-bond donors (Lipinski definition) is 1. The average Bonchev–Trinajstić information content (AvgIpc) is 2.78. The van der Waals surface area contributed by atoms with Crippen molar-refractivity contribution in [2.24, 2.45) is 0 Å². The van der Waals surface area contributed by atoms with Crippen LogP contribution in [0.25, 0.3) is 5.69 Å². The molecular formula is C16H20N2O2S. The molecule has 0 aliphatic heterocycles. The van der Waals surface area contributed by atoms with Crippen LogP contribution in [0.4, 0.5) is 0 Å². The van der Waals surface area contributed by atoms with Crippen LogP contribution < -0.4 is 0 Å². The Morgan fingerprint density at radius 1 is 1.29 bits per heavy atom. The molecule has 0 bridgehead atoms. The van der Waals surface area contributed by atoms with Gasteiger partial charge in [-0.2, -0.15) is 0 Å².